The topological polar surface area (TPSA) is 107 Å². The van der Waals surface area contributed by atoms with Crippen LogP contribution in [0.15, 0.2) is 77.1 Å². The number of carbonyl (C=O) groups excluding carboxylic acids is 1. The molecule has 4 aromatic rings. The number of amides is 1. The Balaban J connectivity index is 1.60. The number of primary sulfonamides is 1. The quantitative estimate of drug-likeness (QED) is 0.368. The summed E-state index contributed by atoms with van der Waals surface area (Å²) in [4.78, 5) is 13.7. The number of aryl methyl sites for hydroxylation is 1. The second-order valence-corrected chi connectivity index (χ2v) is 10.4. The number of nitrogens with zero attached hydrogens (tertiary/aromatic N) is 2. The first-order chi connectivity index (χ1) is 16.2. The molecule has 0 bridgehead atoms. The molecule has 0 radical (unpaired) electrons. The summed E-state index contributed by atoms with van der Waals surface area (Å²) in [6.45, 7) is 4.19. The minimum absolute atomic E-state index is 0.0444. The largest absolute Gasteiger partial charge is 0.322 e. The first kappa shape index (κ1) is 23.6. The third-order valence-electron chi connectivity index (χ3n) is 5.37. The monoisotopic (exact) mass is 492 g/mol. The molecular formula is C25H24N4O3S2. The number of thiophene rings is 1. The summed E-state index contributed by atoms with van der Waals surface area (Å²) in [5.74, 6) is -0.387. The molecule has 9 heteroatoms. The van der Waals surface area contributed by atoms with Crippen LogP contribution >= 0.6 is 11.3 Å². The molecule has 0 atom stereocenters. The van der Waals surface area contributed by atoms with Crippen LogP contribution in [0.1, 0.15) is 22.3 Å². The number of sulfonamides is 1. The number of hydrogen-bond donors (Lipinski definition) is 2. The molecule has 0 spiro atoms. The van der Waals surface area contributed by atoms with Gasteiger partial charge in [0.25, 0.3) is 0 Å². The van der Waals surface area contributed by atoms with Crippen molar-refractivity contribution in [3.05, 3.63) is 94.5 Å². The summed E-state index contributed by atoms with van der Waals surface area (Å²) < 4.78 is 25.4. The maximum absolute atomic E-state index is 12.7. The van der Waals surface area contributed by atoms with Gasteiger partial charge in [-0.3, -0.25) is 9.48 Å². The summed E-state index contributed by atoms with van der Waals surface area (Å²) in [5, 5.41) is 14.8. The molecule has 0 saturated carbocycles. The minimum Gasteiger partial charge on any atom is -0.322 e. The molecule has 0 unspecified atom stereocenters. The molecule has 3 N–H and O–H groups in total. The summed E-state index contributed by atoms with van der Waals surface area (Å²) in [7, 11) is -3.89. The lowest BCUT2D eigenvalue weighted by atomic mass is 10.1. The summed E-state index contributed by atoms with van der Waals surface area (Å²) in [6, 6.07) is 16.8. The van der Waals surface area contributed by atoms with Gasteiger partial charge >= 0.3 is 0 Å². The van der Waals surface area contributed by atoms with E-state index in [-0.39, 0.29) is 10.8 Å². The Morgan fingerprint density at radius 3 is 2.59 bits per heavy atom. The maximum Gasteiger partial charge on any atom is 0.248 e. The molecular weight excluding hydrogens is 468 g/mol. The fourth-order valence-electron chi connectivity index (χ4n) is 3.48. The number of anilines is 1. The highest BCUT2D eigenvalue weighted by molar-refractivity contribution is 7.89. The summed E-state index contributed by atoms with van der Waals surface area (Å²) >= 11 is 1.58. The van der Waals surface area contributed by atoms with Crippen LogP contribution in [0.2, 0.25) is 0 Å². The van der Waals surface area contributed by atoms with Crippen molar-refractivity contribution in [2.24, 2.45) is 5.14 Å². The zero-order chi connectivity index (χ0) is 24.3. The molecule has 0 fully saturated rings. The van der Waals surface area contributed by atoms with Crippen LogP contribution in [0.3, 0.4) is 0 Å². The highest BCUT2D eigenvalue weighted by Gasteiger charge is 2.14. The Morgan fingerprint density at radius 1 is 1.15 bits per heavy atom. The van der Waals surface area contributed by atoms with Gasteiger partial charge in [0.05, 0.1) is 16.3 Å². The molecule has 4 rings (SSSR count). The Hall–Kier alpha value is -3.53. The van der Waals surface area contributed by atoms with E-state index in [9.17, 15) is 13.2 Å². The van der Waals surface area contributed by atoms with Crippen molar-refractivity contribution >= 4 is 39.0 Å². The number of aromatic nitrogens is 2. The highest BCUT2D eigenvalue weighted by Crippen LogP contribution is 2.28. The normalized spacial score (nSPS) is 11.7. The molecule has 2 aromatic heterocycles. The lowest BCUT2D eigenvalue weighted by molar-refractivity contribution is -0.111. The highest BCUT2D eigenvalue weighted by atomic mass is 32.2. The number of benzene rings is 2. The molecule has 0 saturated heterocycles. The molecule has 2 heterocycles. The van der Waals surface area contributed by atoms with Gasteiger partial charge in [-0.1, -0.05) is 36.4 Å². The molecule has 0 aliphatic rings. The van der Waals surface area contributed by atoms with E-state index < -0.39 is 10.0 Å². The zero-order valence-electron chi connectivity index (χ0n) is 18.7. The zero-order valence-corrected chi connectivity index (χ0v) is 20.4. The SMILES string of the molecule is Cc1cc(S(N)(=O)=O)cc(NC(=O)/C=C/c2cn(Cc3ccccc3)nc2-c2cccs2)c1C. The number of rotatable bonds is 7. The van der Waals surface area contributed by atoms with Crippen LogP contribution in [-0.2, 0) is 21.4 Å². The third kappa shape index (κ3) is 5.51. The van der Waals surface area contributed by atoms with Crippen LogP contribution in [0.5, 0.6) is 0 Å². The van der Waals surface area contributed by atoms with Crippen LogP contribution in [0.4, 0.5) is 5.69 Å². The van der Waals surface area contributed by atoms with E-state index in [1.807, 2.05) is 65.6 Å². The first-order valence-electron chi connectivity index (χ1n) is 10.5. The van der Waals surface area contributed by atoms with Crippen molar-refractivity contribution < 1.29 is 13.2 Å². The van der Waals surface area contributed by atoms with Crippen LogP contribution in [0, 0.1) is 13.8 Å². The van der Waals surface area contributed by atoms with Gasteiger partial charge in [0.2, 0.25) is 15.9 Å². The van der Waals surface area contributed by atoms with E-state index in [2.05, 4.69) is 5.32 Å². The fourth-order valence-corrected chi connectivity index (χ4v) is 4.83. The van der Waals surface area contributed by atoms with Gasteiger partial charge < -0.3 is 5.32 Å². The van der Waals surface area contributed by atoms with Gasteiger partial charge in [0, 0.05) is 23.5 Å². The molecule has 0 aliphatic heterocycles. The van der Waals surface area contributed by atoms with E-state index >= 15 is 0 Å². The summed E-state index contributed by atoms with van der Waals surface area (Å²) in [5.41, 5.74) is 4.60. The molecule has 1 amide bonds. The van der Waals surface area contributed by atoms with Gasteiger partial charge in [-0.05, 0) is 60.2 Å². The predicted molar refractivity (Wildman–Crippen MR) is 136 cm³/mol. The van der Waals surface area contributed by atoms with E-state index in [1.165, 1.54) is 18.2 Å². The molecule has 34 heavy (non-hydrogen) atoms. The van der Waals surface area contributed by atoms with Crippen molar-refractivity contribution in [3.63, 3.8) is 0 Å². The van der Waals surface area contributed by atoms with E-state index in [1.54, 1.807) is 24.3 Å². The maximum atomic E-state index is 12.7. The number of nitrogens with one attached hydrogen (secondary N) is 1. The lowest BCUT2D eigenvalue weighted by Crippen LogP contribution is -2.15. The van der Waals surface area contributed by atoms with Crippen molar-refractivity contribution in [2.75, 3.05) is 5.32 Å². The van der Waals surface area contributed by atoms with Gasteiger partial charge in [-0.25, -0.2) is 13.6 Å². The second-order valence-electron chi connectivity index (χ2n) is 7.87. The van der Waals surface area contributed by atoms with Crippen LogP contribution in [-0.4, -0.2) is 24.1 Å². The fraction of sp³-hybridized carbons (Fsp3) is 0.120. The number of carbonyl (C=O) groups is 1. The van der Waals surface area contributed by atoms with Crippen molar-refractivity contribution in [1.82, 2.24) is 9.78 Å². The first-order valence-corrected chi connectivity index (χ1v) is 12.9. The van der Waals surface area contributed by atoms with E-state index in [4.69, 9.17) is 10.2 Å². The van der Waals surface area contributed by atoms with Gasteiger partial charge in [0.15, 0.2) is 0 Å². The van der Waals surface area contributed by atoms with E-state index in [0.717, 1.165) is 27.3 Å². The number of hydrogen-bond acceptors (Lipinski definition) is 5. The Bertz CT molecular complexity index is 1460. The summed E-state index contributed by atoms with van der Waals surface area (Å²) in [6.07, 6.45) is 5.03. The Morgan fingerprint density at radius 2 is 1.91 bits per heavy atom. The standard InChI is InChI=1S/C25H24N4O3S2/c1-17-13-21(34(26,31)32)14-22(18(17)2)27-24(30)11-10-20-16-29(15-19-7-4-3-5-8-19)28-25(20)23-9-6-12-33-23/h3-14,16H,15H2,1-2H3,(H,27,30)(H2,26,31,32)/b11-10+. The Labute approximate surface area is 202 Å². The predicted octanol–water partition coefficient (Wildman–Crippen LogP) is 4.58. The molecule has 174 valence electrons. The van der Waals surface area contributed by atoms with Crippen molar-refractivity contribution in [1.29, 1.82) is 0 Å². The average Bonchev–Trinajstić information content (AvgIpc) is 3.45. The number of nitrogens with two attached hydrogens (primary N) is 1. The van der Waals surface area contributed by atoms with Crippen LogP contribution < -0.4 is 10.5 Å². The third-order valence-corrected chi connectivity index (χ3v) is 7.14. The second kappa shape index (κ2) is 9.76. The minimum atomic E-state index is -3.89. The average molecular weight is 493 g/mol. The van der Waals surface area contributed by atoms with Crippen molar-refractivity contribution in [3.8, 4) is 10.6 Å². The van der Waals surface area contributed by atoms with Gasteiger partial charge in [0.1, 0.15) is 5.69 Å². The molecule has 7 nitrogen and oxygen atoms in total. The smallest absolute Gasteiger partial charge is 0.248 e. The van der Waals surface area contributed by atoms with Gasteiger partial charge in [-0.15, -0.1) is 11.3 Å². The van der Waals surface area contributed by atoms with Crippen molar-refractivity contribution in [2.45, 2.75) is 25.3 Å². The van der Waals surface area contributed by atoms with Crippen LogP contribution in [0.25, 0.3) is 16.6 Å². The van der Waals surface area contributed by atoms with Gasteiger partial charge in [-0.2, -0.15) is 5.10 Å². The molecule has 0 aliphatic carbocycles. The Kier molecular flexibility index (Phi) is 6.78. The van der Waals surface area contributed by atoms with E-state index in [0.29, 0.717) is 17.8 Å². The lowest BCUT2D eigenvalue weighted by Gasteiger charge is -2.11. The molecule has 2 aromatic carbocycles.